The van der Waals surface area contributed by atoms with Gasteiger partial charge < -0.3 is 9.84 Å². The molecule has 0 aliphatic rings. The van der Waals surface area contributed by atoms with Crippen LogP contribution in [0.15, 0.2) is 34.9 Å². The van der Waals surface area contributed by atoms with Crippen molar-refractivity contribution < 1.29 is 22.5 Å². The molecule has 8 heteroatoms. The molecule has 21 heavy (non-hydrogen) atoms. The van der Waals surface area contributed by atoms with Gasteiger partial charge in [-0.3, -0.25) is 5.32 Å². The predicted octanol–water partition coefficient (Wildman–Crippen LogP) is 3.32. The van der Waals surface area contributed by atoms with Crippen molar-refractivity contribution in [2.75, 3.05) is 5.32 Å². The van der Waals surface area contributed by atoms with Gasteiger partial charge in [-0.1, -0.05) is 17.3 Å². The summed E-state index contributed by atoms with van der Waals surface area (Å²) in [6, 6.07) is 5.68. The number of benzene rings is 1. The Labute approximate surface area is 118 Å². The average molecular weight is 299 g/mol. The predicted molar refractivity (Wildman–Crippen MR) is 68.5 cm³/mol. The van der Waals surface area contributed by atoms with Crippen molar-refractivity contribution >= 4 is 11.8 Å². The first kappa shape index (κ1) is 14.9. The SMILES string of the molecule is Cc1cc(NC(=O)NCc2cccc(C(F)(F)F)c2)no1. The zero-order valence-electron chi connectivity index (χ0n) is 11.0. The molecular formula is C13H12F3N3O2. The zero-order chi connectivity index (χ0) is 15.5. The number of hydrogen-bond acceptors (Lipinski definition) is 3. The number of urea groups is 1. The topological polar surface area (TPSA) is 67.2 Å². The largest absolute Gasteiger partial charge is 0.416 e. The van der Waals surface area contributed by atoms with Gasteiger partial charge in [-0.05, 0) is 24.6 Å². The van der Waals surface area contributed by atoms with E-state index in [4.69, 9.17) is 4.52 Å². The van der Waals surface area contributed by atoms with E-state index in [0.29, 0.717) is 11.3 Å². The van der Waals surface area contributed by atoms with Crippen molar-refractivity contribution in [3.63, 3.8) is 0 Å². The molecule has 5 nitrogen and oxygen atoms in total. The number of carbonyl (C=O) groups is 1. The fraction of sp³-hybridized carbons (Fsp3) is 0.231. The van der Waals surface area contributed by atoms with E-state index < -0.39 is 17.8 Å². The summed E-state index contributed by atoms with van der Waals surface area (Å²) in [4.78, 5) is 11.6. The van der Waals surface area contributed by atoms with Gasteiger partial charge in [0.05, 0.1) is 5.56 Å². The van der Waals surface area contributed by atoms with Gasteiger partial charge in [0.1, 0.15) is 5.76 Å². The summed E-state index contributed by atoms with van der Waals surface area (Å²) in [6.07, 6.45) is -4.41. The summed E-state index contributed by atoms with van der Waals surface area (Å²) in [5, 5.41) is 8.40. The number of anilines is 1. The van der Waals surface area contributed by atoms with Crippen LogP contribution in [0.2, 0.25) is 0 Å². The van der Waals surface area contributed by atoms with Crippen LogP contribution in [0.5, 0.6) is 0 Å². The van der Waals surface area contributed by atoms with Crippen LogP contribution in [0.25, 0.3) is 0 Å². The van der Waals surface area contributed by atoms with Gasteiger partial charge in [0.2, 0.25) is 0 Å². The van der Waals surface area contributed by atoms with Crippen LogP contribution in [0.4, 0.5) is 23.8 Å². The maximum atomic E-state index is 12.5. The highest BCUT2D eigenvalue weighted by molar-refractivity contribution is 5.88. The molecule has 0 aliphatic carbocycles. The molecule has 2 rings (SSSR count). The maximum Gasteiger partial charge on any atom is 0.416 e. The number of hydrogen-bond donors (Lipinski definition) is 2. The lowest BCUT2D eigenvalue weighted by Crippen LogP contribution is -2.28. The monoisotopic (exact) mass is 299 g/mol. The van der Waals surface area contributed by atoms with Gasteiger partial charge in [0.15, 0.2) is 5.82 Å². The molecule has 0 saturated carbocycles. The Morgan fingerprint density at radius 2 is 2.10 bits per heavy atom. The number of halogens is 3. The first-order chi connectivity index (χ1) is 9.84. The molecule has 1 heterocycles. The van der Waals surface area contributed by atoms with Gasteiger partial charge in [-0.15, -0.1) is 0 Å². The van der Waals surface area contributed by atoms with E-state index in [1.54, 1.807) is 6.92 Å². The van der Waals surface area contributed by atoms with Crippen molar-refractivity contribution in [1.29, 1.82) is 0 Å². The summed E-state index contributed by atoms with van der Waals surface area (Å²) >= 11 is 0. The van der Waals surface area contributed by atoms with E-state index in [1.165, 1.54) is 18.2 Å². The highest BCUT2D eigenvalue weighted by atomic mass is 19.4. The number of nitrogens with zero attached hydrogens (tertiary/aromatic N) is 1. The normalized spacial score (nSPS) is 11.2. The van der Waals surface area contributed by atoms with Crippen molar-refractivity contribution in [3.8, 4) is 0 Å². The van der Waals surface area contributed by atoms with E-state index in [9.17, 15) is 18.0 Å². The lowest BCUT2D eigenvalue weighted by Gasteiger charge is -2.09. The molecule has 0 unspecified atom stereocenters. The number of rotatable bonds is 3. The second kappa shape index (κ2) is 5.86. The van der Waals surface area contributed by atoms with Crippen LogP contribution in [-0.4, -0.2) is 11.2 Å². The Balaban J connectivity index is 1.92. The van der Waals surface area contributed by atoms with Gasteiger partial charge in [-0.2, -0.15) is 13.2 Å². The third-order valence-corrected chi connectivity index (χ3v) is 2.58. The quantitative estimate of drug-likeness (QED) is 0.913. The van der Waals surface area contributed by atoms with Crippen LogP contribution in [0.1, 0.15) is 16.9 Å². The zero-order valence-corrected chi connectivity index (χ0v) is 11.0. The smallest absolute Gasteiger partial charge is 0.360 e. The summed E-state index contributed by atoms with van der Waals surface area (Å²) < 4.78 is 42.4. The Morgan fingerprint density at radius 3 is 2.71 bits per heavy atom. The van der Waals surface area contributed by atoms with Crippen molar-refractivity contribution in [2.45, 2.75) is 19.6 Å². The molecule has 0 spiro atoms. The summed E-state index contributed by atoms with van der Waals surface area (Å²) in [5.41, 5.74) is -0.411. The van der Waals surface area contributed by atoms with Crippen LogP contribution in [-0.2, 0) is 12.7 Å². The summed E-state index contributed by atoms with van der Waals surface area (Å²) in [7, 11) is 0. The second-order valence-corrected chi connectivity index (χ2v) is 4.33. The standard InChI is InChI=1S/C13H12F3N3O2/c1-8-5-11(19-21-8)18-12(20)17-7-9-3-2-4-10(6-9)13(14,15)16/h2-6H,7H2,1H3,(H2,17,18,19,20). The number of aromatic nitrogens is 1. The highest BCUT2D eigenvalue weighted by Gasteiger charge is 2.30. The van der Waals surface area contributed by atoms with Crippen molar-refractivity contribution in [1.82, 2.24) is 10.5 Å². The van der Waals surface area contributed by atoms with Crippen LogP contribution >= 0.6 is 0 Å². The van der Waals surface area contributed by atoms with Crippen molar-refractivity contribution in [2.24, 2.45) is 0 Å². The van der Waals surface area contributed by atoms with Gasteiger partial charge in [0.25, 0.3) is 0 Å². The molecule has 112 valence electrons. The number of alkyl halides is 3. The Hall–Kier alpha value is -2.51. The first-order valence-corrected chi connectivity index (χ1v) is 5.99. The van der Waals surface area contributed by atoms with E-state index in [-0.39, 0.29) is 12.4 Å². The Bertz CT molecular complexity index is 638. The fourth-order valence-electron chi connectivity index (χ4n) is 1.63. The maximum absolute atomic E-state index is 12.5. The minimum atomic E-state index is -4.41. The average Bonchev–Trinajstić information content (AvgIpc) is 2.81. The molecule has 2 amide bonds. The fourth-order valence-corrected chi connectivity index (χ4v) is 1.63. The minimum Gasteiger partial charge on any atom is -0.360 e. The molecule has 1 aromatic heterocycles. The van der Waals surface area contributed by atoms with Gasteiger partial charge in [-0.25, -0.2) is 4.79 Å². The molecule has 0 fully saturated rings. The highest BCUT2D eigenvalue weighted by Crippen LogP contribution is 2.29. The molecule has 0 saturated heterocycles. The van der Waals surface area contributed by atoms with Crippen LogP contribution in [0.3, 0.4) is 0 Å². The molecule has 0 bridgehead atoms. The second-order valence-electron chi connectivity index (χ2n) is 4.33. The van der Waals surface area contributed by atoms with Gasteiger partial charge in [0, 0.05) is 12.6 Å². The first-order valence-electron chi connectivity index (χ1n) is 5.99. The van der Waals surface area contributed by atoms with Crippen LogP contribution in [0, 0.1) is 6.92 Å². The lowest BCUT2D eigenvalue weighted by molar-refractivity contribution is -0.137. The third-order valence-electron chi connectivity index (χ3n) is 2.58. The van der Waals surface area contributed by atoms with Crippen LogP contribution < -0.4 is 10.6 Å². The molecule has 2 N–H and O–H groups in total. The molecule has 1 aromatic carbocycles. The number of amides is 2. The molecule has 0 aliphatic heterocycles. The number of aryl methyl sites for hydroxylation is 1. The van der Waals surface area contributed by atoms with E-state index >= 15 is 0 Å². The summed E-state index contributed by atoms with van der Waals surface area (Å²) in [6.45, 7) is 1.63. The van der Waals surface area contributed by atoms with E-state index in [2.05, 4.69) is 15.8 Å². The number of carbonyl (C=O) groups excluding carboxylic acids is 1. The minimum absolute atomic E-state index is 0.0351. The van der Waals surface area contributed by atoms with Crippen molar-refractivity contribution in [3.05, 3.63) is 47.2 Å². The molecule has 0 radical (unpaired) electrons. The van der Waals surface area contributed by atoms with Gasteiger partial charge >= 0.3 is 12.2 Å². The summed E-state index contributed by atoms with van der Waals surface area (Å²) in [5.74, 6) is 0.761. The molecule has 0 atom stereocenters. The number of nitrogens with one attached hydrogen (secondary N) is 2. The molecule has 2 aromatic rings. The lowest BCUT2D eigenvalue weighted by atomic mass is 10.1. The van der Waals surface area contributed by atoms with E-state index in [1.807, 2.05) is 0 Å². The molecular weight excluding hydrogens is 287 g/mol. The third kappa shape index (κ3) is 4.23. The van der Waals surface area contributed by atoms with E-state index in [0.717, 1.165) is 12.1 Å². The Morgan fingerprint density at radius 1 is 1.33 bits per heavy atom. The Kier molecular flexibility index (Phi) is 4.15.